The smallest absolute Gasteiger partial charge is 0.241 e. The van der Waals surface area contributed by atoms with Crippen molar-refractivity contribution in [3.63, 3.8) is 0 Å². The van der Waals surface area contributed by atoms with E-state index in [2.05, 4.69) is 9.71 Å². The van der Waals surface area contributed by atoms with E-state index in [-0.39, 0.29) is 12.5 Å². The molecule has 2 rings (SSSR count). The van der Waals surface area contributed by atoms with Gasteiger partial charge in [0.05, 0.1) is 0 Å². The van der Waals surface area contributed by atoms with E-state index in [0.29, 0.717) is 11.8 Å². The molecular formula is C12H16ClFN2O2S. The second-order valence-electron chi connectivity index (χ2n) is 4.75. The zero-order valence-electron chi connectivity index (χ0n) is 10.4. The number of pyridine rings is 1. The van der Waals surface area contributed by atoms with Crippen molar-refractivity contribution in [1.82, 2.24) is 9.71 Å². The largest absolute Gasteiger partial charge is 0.261 e. The molecule has 2 unspecified atom stereocenters. The van der Waals surface area contributed by atoms with Crippen LogP contribution >= 0.6 is 11.6 Å². The second kappa shape index (κ2) is 6.15. The molecular weight excluding hydrogens is 291 g/mol. The number of hydrogen-bond acceptors (Lipinski definition) is 3. The highest BCUT2D eigenvalue weighted by atomic mass is 35.5. The lowest BCUT2D eigenvalue weighted by Crippen LogP contribution is -2.32. The average molecular weight is 307 g/mol. The van der Waals surface area contributed by atoms with E-state index in [4.69, 9.17) is 11.6 Å². The Bertz CT molecular complexity index is 538. The number of aromatic nitrogens is 1. The summed E-state index contributed by atoms with van der Waals surface area (Å²) < 4.78 is 39.8. The Kier molecular flexibility index (Phi) is 4.76. The van der Waals surface area contributed by atoms with E-state index < -0.39 is 20.9 Å². The fourth-order valence-corrected chi connectivity index (χ4v) is 3.94. The lowest BCUT2D eigenvalue weighted by molar-refractivity contribution is 0.417. The number of sulfonamides is 1. The van der Waals surface area contributed by atoms with Crippen LogP contribution in [0.4, 0.5) is 4.39 Å². The molecule has 0 amide bonds. The van der Waals surface area contributed by atoms with Crippen molar-refractivity contribution in [2.24, 2.45) is 11.8 Å². The van der Waals surface area contributed by atoms with E-state index in [0.717, 1.165) is 25.3 Å². The van der Waals surface area contributed by atoms with Crippen LogP contribution in [-0.2, 0) is 10.0 Å². The summed E-state index contributed by atoms with van der Waals surface area (Å²) in [6.07, 6.45) is 4.29. The zero-order valence-corrected chi connectivity index (χ0v) is 11.9. The molecule has 1 aliphatic rings. The Morgan fingerprint density at radius 1 is 1.42 bits per heavy atom. The quantitative estimate of drug-likeness (QED) is 0.848. The molecule has 1 N–H and O–H groups in total. The number of alkyl halides is 1. The van der Waals surface area contributed by atoms with Gasteiger partial charge in [0.25, 0.3) is 10.0 Å². The summed E-state index contributed by atoms with van der Waals surface area (Å²) >= 11 is 5.85. The summed E-state index contributed by atoms with van der Waals surface area (Å²) in [7, 11) is -3.89. The van der Waals surface area contributed by atoms with Gasteiger partial charge in [-0.05, 0) is 36.8 Å². The first-order chi connectivity index (χ1) is 9.04. The fraction of sp³-hybridized carbons (Fsp3) is 0.583. The van der Waals surface area contributed by atoms with Gasteiger partial charge >= 0.3 is 0 Å². The van der Waals surface area contributed by atoms with Crippen LogP contribution in [0.15, 0.2) is 23.4 Å². The van der Waals surface area contributed by atoms with Gasteiger partial charge in [-0.1, -0.05) is 6.42 Å². The number of hydrogen-bond donors (Lipinski definition) is 1. The standard InChI is InChI=1S/C12H16ClFN2O2S/c13-7-9-3-1-4-10(9)8-16-19(17,18)12-11(14)5-2-6-15-12/h2,5-6,9-10,16H,1,3-4,7-8H2. The highest BCUT2D eigenvalue weighted by Gasteiger charge is 2.29. The van der Waals surface area contributed by atoms with Gasteiger partial charge in [0, 0.05) is 18.6 Å². The molecule has 0 saturated heterocycles. The van der Waals surface area contributed by atoms with Crippen molar-refractivity contribution >= 4 is 21.6 Å². The fourth-order valence-electron chi connectivity index (χ4n) is 2.44. The molecule has 1 aromatic heterocycles. The van der Waals surface area contributed by atoms with E-state index >= 15 is 0 Å². The molecule has 1 fully saturated rings. The van der Waals surface area contributed by atoms with Gasteiger partial charge in [0.2, 0.25) is 5.03 Å². The topological polar surface area (TPSA) is 59.1 Å². The third kappa shape index (κ3) is 3.43. The lowest BCUT2D eigenvalue weighted by Gasteiger charge is -2.17. The first-order valence-electron chi connectivity index (χ1n) is 6.20. The predicted molar refractivity (Wildman–Crippen MR) is 70.9 cm³/mol. The summed E-state index contributed by atoms with van der Waals surface area (Å²) in [5.74, 6) is 0.247. The molecule has 0 radical (unpaired) electrons. The molecule has 1 aromatic rings. The SMILES string of the molecule is O=S(=O)(NCC1CCCC1CCl)c1ncccc1F. The van der Waals surface area contributed by atoms with Crippen molar-refractivity contribution in [3.8, 4) is 0 Å². The Labute approximate surface area is 117 Å². The lowest BCUT2D eigenvalue weighted by atomic mass is 9.98. The van der Waals surface area contributed by atoms with Crippen LogP contribution < -0.4 is 4.72 Å². The molecule has 4 nitrogen and oxygen atoms in total. The van der Waals surface area contributed by atoms with Crippen LogP contribution in [0.2, 0.25) is 0 Å². The molecule has 1 saturated carbocycles. The predicted octanol–water partition coefficient (Wildman–Crippen LogP) is 2.15. The summed E-state index contributed by atoms with van der Waals surface area (Å²) in [5.41, 5.74) is 0. The summed E-state index contributed by atoms with van der Waals surface area (Å²) in [6, 6.07) is 2.44. The summed E-state index contributed by atoms with van der Waals surface area (Å²) in [4.78, 5) is 3.58. The minimum Gasteiger partial charge on any atom is -0.241 e. The van der Waals surface area contributed by atoms with E-state index in [1.165, 1.54) is 12.3 Å². The van der Waals surface area contributed by atoms with Gasteiger partial charge in [-0.3, -0.25) is 0 Å². The Hall–Kier alpha value is -0.720. The molecule has 2 atom stereocenters. The van der Waals surface area contributed by atoms with Crippen LogP contribution in [0, 0.1) is 17.7 Å². The molecule has 7 heteroatoms. The molecule has 1 aliphatic carbocycles. The van der Waals surface area contributed by atoms with Crippen molar-refractivity contribution < 1.29 is 12.8 Å². The van der Waals surface area contributed by atoms with Gasteiger partial charge in [0.1, 0.15) is 0 Å². The minimum atomic E-state index is -3.89. The van der Waals surface area contributed by atoms with Crippen LogP contribution in [0.5, 0.6) is 0 Å². The Morgan fingerprint density at radius 2 is 2.16 bits per heavy atom. The third-order valence-electron chi connectivity index (χ3n) is 3.53. The Balaban J connectivity index is 2.04. The molecule has 106 valence electrons. The van der Waals surface area contributed by atoms with Crippen LogP contribution in [0.3, 0.4) is 0 Å². The summed E-state index contributed by atoms with van der Waals surface area (Å²) in [5, 5.41) is -0.546. The maximum absolute atomic E-state index is 13.4. The van der Waals surface area contributed by atoms with Crippen molar-refractivity contribution in [2.75, 3.05) is 12.4 Å². The molecule has 0 spiro atoms. The monoisotopic (exact) mass is 306 g/mol. The summed E-state index contributed by atoms with van der Waals surface area (Å²) in [6.45, 7) is 0.287. The average Bonchev–Trinajstić information content (AvgIpc) is 2.84. The maximum Gasteiger partial charge on any atom is 0.261 e. The van der Waals surface area contributed by atoms with Crippen LogP contribution in [-0.4, -0.2) is 25.8 Å². The molecule has 0 bridgehead atoms. The third-order valence-corrected chi connectivity index (χ3v) is 5.28. The first kappa shape index (κ1) is 14.7. The van der Waals surface area contributed by atoms with Gasteiger partial charge in [-0.25, -0.2) is 22.5 Å². The van der Waals surface area contributed by atoms with E-state index in [1.54, 1.807) is 0 Å². The first-order valence-corrected chi connectivity index (χ1v) is 8.22. The number of halogens is 2. The van der Waals surface area contributed by atoms with Crippen molar-refractivity contribution in [3.05, 3.63) is 24.1 Å². The van der Waals surface area contributed by atoms with Gasteiger partial charge in [-0.15, -0.1) is 11.6 Å². The molecule has 0 aromatic carbocycles. The zero-order chi connectivity index (χ0) is 13.9. The van der Waals surface area contributed by atoms with Crippen LogP contribution in [0.25, 0.3) is 0 Å². The second-order valence-corrected chi connectivity index (χ2v) is 6.74. The van der Waals surface area contributed by atoms with Gasteiger partial charge in [-0.2, -0.15) is 0 Å². The van der Waals surface area contributed by atoms with E-state index in [1.807, 2.05) is 0 Å². The Morgan fingerprint density at radius 3 is 2.84 bits per heavy atom. The maximum atomic E-state index is 13.4. The van der Waals surface area contributed by atoms with E-state index in [9.17, 15) is 12.8 Å². The number of nitrogens with one attached hydrogen (secondary N) is 1. The molecule has 0 aliphatic heterocycles. The highest BCUT2D eigenvalue weighted by Crippen LogP contribution is 2.32. The minimum absolute atomic E-state index is 0.221. The van der Waals surface area contributed by atoms with Gasteiger partial charge < -0.3 is 0 Å². The molecule has 1 heterocycles. The van der Waals surface area contributed by atoms with Gasteiger partial charge in [0.15, 0.2) is 5.82 Å². The number of rotatable bonds is 5. The van der Waals surface area contributed by atoms with Crippen LogP contribution in [0.1, 0.15) is 19.3 Å². The van der Waals surface area contributed by atoms with Crippen molar-refractivity contribution in [1.29, 1.82) is 0 Å². The normalized spacial score (nSPS) is 23.7. The highest BCUT2D eigenvalue weighted by molar-refractivity contribution is 7.89. The van der Waals surface area contributed by atoms with Crippen molar-refractivity contribution in [2.45, 2.75) is 24.3 Å². The number of nitrogens with zero attached hydrogens (tertiary/aromatic N) is 1. The molecule has 19 heavy (non-hydrogen) atoms.